The highest BCUT2D eigenvalue weighted by Crippen LogP contribution is 2.31. The molecular weight excluding hydrogens is 464 g/mol. The van der Waals surface area contributed by atoms with Gasteiger partial charge in [0.25, 0.3) is 0 Å². The van der Waals surface area contributed by atoms with Gasteiger partial charge in [-0.3, -0.25) is 0 Å². The van der Waals surface area contributed by atoms with Gasteiger partial charge in [-0.05, 0) is 50.9 Å². The fraction of sp³-hybridized carbons (Fsp3) is 0.0286. The number of hydrogen-bond donors (Lipinski definition) is 0. The van der Waals surface area contributed by atoms with Gasteiger partial charge in [0.1, 0.15) is 11.3 Å². The van der Waals surface area contributed by atoms with Gasteiger partial charge < -0.3 is 4.42 Å². The predicted molar refractivity (Wildman–Crippen MR) is 160 cm³/mol. The van der Waals surface area contributed by atoms with Crippen molar-refractivity contribution in [1.29, 1.82) is 0 Å². The van der Waals surface area contributed by atoms with Gasteiger partial charge in [-0.25, -0.2) is 0 Å². The Morgan fingerprint density at radius 3 is 1.62 bits per heavy atom. The Hall–Kier alpha value is -4.40. The molecule has 178 valence electrons. The molecule has 0 bridgehead atoms. The largest absolute Gasteiger partial charge is 0.461 e. The summed E-state index contributed by atoms with van der Waals surface area (Å²) in [5.41, 5.74) is 4.34. The summed E-state index contributed by atoms with van der Waals surface area (Å²) in [6.45, 7) is 6.01. The normalized spacial score (nSPS) is 11.5. The molecule has 0 amide bonds. The molecule has 0 aliphatic carbocycles. The highest BCUT2D eigenvalue weighted by atomic mass is 28.3. The summed E-state index contributed by atoms with van der Waals surface area (Å²) in [4.78, 5) is 0. The molecule has 1 nitrogen and oxygen atoms in total. The molecule has 2 heteroatoms. The van der Waals surface area contributed by atoms with Gasteiger partial charge in [-0.15, -0.1) is 0 Å². The predicted octanol–water partition coefficient (Wildman–Crippen LogP) is 6.43. The monoisotopic (exact) mass is 492 g/mol. The van der Waals surface area contributed by atoms with Crippen molar-refractivity contribution in [2.24, 2.45) is 0 Å². The molecule has 1 aromatic heterocycles. The van der Waals surface area contributed by atoms with Crippen molar-refractivity contribution in [2.75, 3.05) is 0 Å². The van der Waals surface area contributed by atoms with Crippen LogP contribution >= 0.6 is 0 Å². The van der Waals surface area contributed by atoms with E-state index in [2.05, 4.69) is 140 Å². The summed E-state index contributed by atoms with van der Waals surface area (Å²) in [6.07, 6.45) is 1.89. The van der Waals surface area contributed by atoms with Gasteiger partial charge in [0.15, 0.2) is 8.07 Å². The van der Waals surface area contributed by atoms with E-state index in [0.29, 0.717) is 0 Å². The van der Waals surface area contributed by atoms with Gasteiger partial charge in [0, 0.05) is 10.9 Å². The molecule has 37 heavy (non-hydrogen) atoms. The van der Waals surface area contributed by atoms with Crippen LogP contribution in [0, 0.1) is 6.92 Å². The van der Waals surface area contributed by atoms with Crippen molar-refractivity contribution in [3.63, 3.8) is 0 Å². The van der Waals surface area contributed by atoms with Crippen LogP contribution in [0.3, 0.4) is 0 Å². The van der Waals surface area contributed by atoms with Crippen molar-refractivity contribution in [1.82, 2.24) is 0 Å². The zero-order chi connectivity index (χ0) is 25.2. The van der Waals surface area contributed by atoms with Crippen LogP contribution in [0.2, 0.25) is 0 Å². The zero-order valence-corrected chi connectivity index (χ0v) is 21.9. The van der Waals surface area contributed by atoms with Crippen molar-refractivity contribution >= 4 is 45.9 Å². The van der Waals surface area contributed by atoms with E-state index in [1.54, 1.807) is 0 Å². The van der Waals surface area contributed by atoms with Gasteiger partial charge >= 0.3 is 0 Å². The quantitative estimate of drug-likeness (QED) is 0.193. The minimum atomic E-state index is -2.57. The average Bonchev–Trinajstić information content (AvgIpc) is 3.29. The third-order valence-electron chi connectivity index (χ3n) is 7.37. The fourth-order valence-corrected chi connectivity index (χ4v) is 10.5. The molecule has 0 saturated carbocycles. The Bertz CT molecular complexity index is 1590. The molecule has 6 aromatic rings. The van der Waals surface area contributed by atoms with Crippen LogP contribution in [-0.2, 0) is 0 Å². The summed E-state index contributed by atoms with van der Waals surface area (Å²) in [5.74, 6) is 0.902. The fourth-order valence-electron chi connectivity index (χ4n) is 5.67. The molecular formula is C35H28OSi. The van der Waals surface area contributed by atoms with Gasteiger partial charge in [-0.1, -0.05) is 134 Å². The summed E-state index contributed by atoms with van der Waals surface area (Å²) < 4.78 is 5.97. The SMILES string of the molecule is C=Cc1c(C)oc2ccc(-c3cccc([Si](c4ccccc4)(c4ccccc4)c4ccccc4)c3)cc12. The van der Waals surface area contributed by atoms with Gasteiger partial charge in [-0.2, -0.15) is 0 Å². The summed E-state index contributed by atoms with van der Waals surface area (Å²) in [5, 5.41) is 6.59. The first-order valence-corrected chi connectivity index (χ1v) is 14.6. The van der Waals surface area contributed by atoms with Crippen molar-refractivity contribution < 1.29 is 4.42 Å². The van der Waals surface area contributed by atoms with Crippen LogP contribution in [0.5, 0.6) is 0 Å². The van der Waals surface area contributed by atoms with Crippen molar-refractivity contribution in [2.45, 2.75) is 6.92 Å². The minimum absolute atomic E-state index is 0.897. The highest BCUT2D eigenvalue weighted by molar-refractivity contribution is 7.19. The number of aryl methyl sites for hydroxylation is 1. The van der Waals surface area contributed by atoms with E-state index in [1.807, 2.05) is 13.0 Å². The third kappa shape index (κ3) is 3.87. The lowest BCUT2D eigenvalue weighted by Crippen LogP contribution is -2.74. The van der Waals surface area contributed by atoms with Gasteiger partial charge in [0.05, 0.1) is 0 Å². The van der Waals surface area contributed by atoms with E-state index in [0.717, 1.165) is 22.3 Å². The lowest BCUT2D eigenvalue weighted by molar-refractivity contribution is 0.577. The Kier molecular flexibility index (Phi) is 5.95. The molecule has 5 aromatic carbocycles. The number of rotatable bonds is 6. The summed E-state index contributed by atoms with van der Waals surface area (Å²) in [6, 6.07) is 48.7. The Balaban J connectivity index is 1.63. The molecule has 0 radical (unpaired) electrons. The van der Waals surface area contributed by atoms with E-state index in [1.165, 1.54) is 31.9 Å². The smallest absolute Gasteiger partial charge is 0.179 e. The highest BCUT2D eigenvalue weighted by Gasteiger charge is 2.41. The molecule has 0 saturated heterocycles. The molecule has 0 fully saturated rings. The number of fused-ring (bicyclic) bond motifs is 1. The van der Waals surface area contributed by atoms with E-state index in [9.17, 15) is 0 Å². The second-order valence-electron chi connectivity index (χ2n) is 9.42. The van der Waals surface area contributed by atoms with Crippen molar-refractivity contribution in [3.05, 3.63) is 151 Å². The van der Waals surface area contributed by atoms with Crippen LogP contribution in [0.4, 0.5) is 0 Å². The Morgan fingerprint density at radius 2 is 1.08 bits per heavy atom. The average molecular weight is 493 g/mol. The number of furan rings is 1. The van der Waals surface area contributed by atoms with E-state index in [4.69, 9.17) is 4.42 Å². The molecule has 1 heterocycles. The lowest BCUT2D eigenvalue weighted by atomic mass is 10.0. The molecule has 6 rings (SSSR count). The second-order valence-corrected chi connectivity index (χ2v) is 13.2. The summed E-state index contributed by atoms with van der Waals surface area (Å²) in [7, 11) is -2.57. The first-order valence-electron chi connectivity index (χ1n) is 12.6. The maximum absolute atomic E-state index is 5.97. The molecule has 0 spiro atoms. The summed E-state index contributed by atoms with van der Waals surface area (Å²) >= 11 is 0. The molecule has 0 atom stereocenters. The minimum Gasteiger partial charge on any atom is -0.461 e. The van der Waals surface area contributed by atoms with E-state index < -0.39 is 8.07 Å². The van der Waals surface area contributed by atoms with Crippen molar-refractivity contribution in [3.8, 4) is 11.1 Å². The maximum atomic E-state index is 5.97. The van der Waals surface area contributed by atoms with E-state index in [-0.39, 0.29) is 0 Å². The standard InChI is InChI=1S/C35H28OSi/c1-3-33-26(2)36-35-23-22-28(25-34(33)35)27-14-13-21-32(24-27)37(29-15-7-4-8-16-29,30-17-9-5-10-18-30)31-19-11-6-12-20-31/h3-25H,1H2,2H3. The topological polar surface area (TPSA) is 13.1 Å². The maximum Gasteiger partial charge on any atom is 0.179 e. The van der Waals surface area contributed by atoms with Gasteiger partial charge in [0.2, 0.25) is 0 Å². The molecule has 0 aliphatic heterocycles. The Labute approximate surface area is 219 Å². The second kappa shape index (κ2) is 9.57. The lowest BCUT2D eigenvalue weighted by Gasteiger charge is -2.34. The first-order chi connectivity index (χ1) is 18.2. The molecule has 0 aliphatic rings. The van der Waals surface area contributed by atoms with Crippen LogP contribution in [0.15, 0.2) is 144 Å². The van der Waals surface area contributed by atoms with Crippen LogP contribution in [0.1, 0.15) is 11.3 Å². The first kappa shape index (κ1) is 23.0. The van der Waals surface area contributed by atoms with Crippen LogP contribution in [-0.4, -0.2) is 8.07 Å². The van der Waals surface area contributed by atoms with E-state index >= 15 is 0 Å². The molecule has 0 N–H and O–H groups in total. The van der Waals surface area contributed by atoms with Crippen LogP contribution < -0.4 is 20.7 Å². The molecule has 0 unspecified atom stereocenters. The third-order valence-corrected chi connectivity index (χ3v) is 12.1. The van der Waals surface area contributed by atoms with Crippen LogP contribution in [0.25, 0.3) is 28.2 Å². The number of hydrogen-bond acceptors (Lipinski definition) is 1. The zero-order valence-electron chi connectivity index (χ0n) is 20.9. The number of benzene rings is 5. The Morgan fingerprint density at radius 1 is 0.568 bits per heavy atom.